The Hall–Kier alpha value is -1.71. The molecule has 4 nitrogen and oxygen atoms in total. The summed E-state index contributed by atoms with van der Waals surface area (Å²) < 4.78 is 0. The maximum absolute atomic E-state index is 10.7. The van der Waals surface area contributed by atoms with Gasteiger partial charge in [0.2, 0.25) is 0 Å². The van der Waals surface area contributed by atoms with E-state index in [2.05, 4.69) is 5.32 Å². The van der Waals surface area contributed by atoms with Gasteiger partial charge in [-0.3, -0.25) is 0 Å². The molecule has 0 spiro atoms. The van der Waals surface area contributed by atoms with E-state index >= 15 is 0 Å². The highest BCUT2D eigenvalue weighted by Gasteiger charge is 2.14. The Morgan fingerprint density at radius 3 is 2.40 bits per heavy atom. The van der Waals surface area contributed by atoms with Gasteiger partial charge < -0.3 is 15.5 Å². The maximum atomic E-state index is 10.7. The highest BCUT2D eigenvalue weighted by Crippen LogP contribution is 2.26. The molecular weight excluding hydrogens is 194 g/mol. The largest absolute Gasteiger partial charge is 0.506 e. The Morgan fingerprint density at radius 1 is 1.33 bits per heavy atom. The second-order valence-corrected chi connectivity index (χ2v) is 4.41. The first-order valence-corrected chi connectivity index (χ1v) is 4.64. The van der Waals surface area contributed by atoms with Crippen LogP contribution in [0.5, 0.6) is 5.75 Å². The van der Waals surface area contributed by atoms with Gasteiger partial charge in [0.1, 0.15) is 5.75 Å². The zero-order valence-electron chi connectivity index (χ0n) is 9.03. The van der Waals surface area contributed by atoms with Crippen molar-refractivity contribution in [1.29, 1.82) is 0 Å². The van der Waals surface area contributed by atoms with Gasteiger partial charge in [-0.25, -0.2) is 4.79 Å². The summed E-state index contributed by atoms with van der Waals surface area (Å²) in [6, 6.07) is 4.16. The van der Waals surface area contributed by atoms with Crippen molar-refractivity contribution in [1.82, 2.24) is 0 Å². The van der Waals surface area contributed by atoms with Crippen LogP contribution in [0.3, 0.4) is 0 Å². The van der Waals surface area contributed by atoms with Crippen molar-refractivity contribution in [3.05, 3.63) is 23.8 Å². The molecule has 0 aliphatic rings. The number of hydrogen-bond donors (Lipinski definition) is 3. The van der Waals surface area contributed by atoms with Crippen molar-refractivity contribution < 1.29 is 15.0 Å². The first-order chi connectivity index (χ1) is 6.79. The summed E-state index contributed by atoms with van der Waals surface area (Å²) in [6.07, 6.45) is 0. The van der Waals surface area contributed by atoms with Gasteiger partial charge in [-0.15, -0.1) is 0 Å². The molecule has 0 bridgehead atoms. The van der Waals surface area contributed by atoms with E-state index in [0.29, 0.717) is 5.69 Å². The lowest BCUT2D eigenvalue weighted by Gasteiger charge is -2.22. The Balaban J connectivity index is 3.06. The predicted molar refractivity (Wildman–Crippen MR) is 58.4 cm³/mol. The first kappa shape index (κ1) is 11.4. The Morgan fingerprint density at radius 2 is 1.93 bits per heavy atom. The van der Waals surface area contributed by atoms with E-state index in [1.807, 2.05) is 20.8 Å². The number of aromatic carboxylic acids is 1. The van der Waals surface area contributed by atoms with Crippen LogP contribution in [0.1, 0.15) is 31.1 Å². The third-order valence-corrected chi connectivity index (χ3v) is 1.75. The summed E-state index contributed by atoms with van der Waals surface area (Å²) in [5.41, 5.74) is 0.358. The zero-order chi connectivity index (χ0) is 11.6. The molecule has 1 aromatic rings. The Kier molecular flexibility index (Phi) is 2.88. The molecule has 0 radical (unpaired) electrons. The highest BCUT2D eigenvalue weighted by atomic mass is 16.4. The number of carboxylic acids is 1. The monoisotopic (exact) mass is 209 g/mol. The van der Waals surface area contributed by atoms with E-state index in [9.17, 15) is 9.90 Å². The fourth-order valence-electron chi connectivity index (χ4n) is 1.17. The summed E-state index contributed by atoms with van der Waals surface area (Å²) in [5.74, 6) is -0.957. The van der Waals surface area contributed by atoms with Crippen LogP contribution in [0.15, 0.2) is 18.2 Å². The van der Waals surface area contributed by atoms with E-state index in [0.717, 1.165) is 0 Å². The summed E-state index contributed by atoms with van der Waals surface area (Å²) in [7, 11) is 0. The molecule has 0 amide bonds. The quantitative estimate of drug-likeness (QED) is 0.654. The minimum atomic E-state index is -1.01. The van der Waals surface area contributed by atoms with Gasteiger partial charge in [-0.05, 0) is 39.0 Å². The van der Waals surface area contributed by atoms with Crippen LogP contribution in [0.2, 0.25) is 0 Å². The molecule has 4 heteroatoms. The Bertz CT molecular complexity index is 380. The second-order valence-electron chi connectivity index (χ2n) is 4.41. The van der Waals surface area contributed by atoms with Gasteiger partial charge in [0.05, 0.1) is 11.3 Å². The number of phenolic OH excluding ortho intramolecular Hbond substituents is 1. The smallest absolute Gasteiger partial charge is 0.335 e. The molecule has 0 unspecified atom stereocenters. The number of benzene rings is 1. The number of rotatable bonds is 2. The topological polar surface area (TPSA) is 69.6 Å². The van der Waals surface area contributed by atoms with Crippen molar-refractivity contribution in [3.8, 4) is 5.75 Å². The number of hydrogen-bond acceptors (Lipinski definition) is 3. The summed E-state index contributed by atoms with van der Waals surface area (Å²) in [4.78, 5) is 10.7. The molecule has 0 atom stereocenters. The highest BCUT2D eigenvalue weighted by molar-refractivity contribution is 5.89. The molecular formula is C11H15NO3. The third-order valence-electron chi connectivity index (χ3n) is 1.75. The van der Waals surface area contributed by atoms with E-state index in [4.69, 9.17) is 5.11 Å². The predicted octanol–water partition coefficient (Wildman–Crippen LogP) is 2.30. The van der Waals surface area contributed by atoms with Gasteiger partial charge in [-0.2, -0.15) is 0 Å². The molecule has 0 aromatic heterocycles. The maximum Gasteiger partial charge on any atom is 0.335 e. The van der Waals surface area contributed by atoms with Gasteiger partial charge in [-0.1, -0.05) is 0 Å². The van der Waals surface area contributed by atoms with Crippen LogP contribution in [0, 0.1) is 0 Å². The van der Waals surface area contributed by atoms with Crippen molar-refractivity contribution >= 4 is 11.7 Å². The molecule has 0 fully saturated rings. The van der Waals surface area contributed by atoms with Crippen molar-refractivity contribution in [2.45, 2.75) is 26.3 Å². The van der Waals surface area contributed by atoms with Crippen LogP contribution < -0.4 is 5.32 Å². The molecule has 82 valence electrons. The molecule has 0 heterocycles. The Labute approximate surface area is 88.6 Å². The van der Waals surface area contributed by atoms with Gasteiger partial charge in [0.25, 0.3) is 0 Å². The van der Waals surface area contributed by atoms with Gasteiger partial charge in [0.15, 0.2) is 0 Å². The van der Waals surface area contributed by atoms with Crippen molar-refractivity contribution in [3.63, 3.8) is 0 Å². The van der Waals surface area contributed by atoms with E-state index in [1.165, 1.54) is 18.2 Å². The van der Waals surface area contributed by atoms with Gasteiger partial charge in [0, 0.05) is 5.54 Å². The zero-order valence-corrected chi connectivity index (χ0v) is 9.03. The number of phenols is 1. The lowest BCUT2D eigenvalue weighted by molar-refractivity contribution is 0.0697. The molecule has 0 saturated carbocycles. The molecule has 0 aliphatic carbocycles. The number of nitrogens with one attached hydrogen (secondary N) is 1. The lowest BCUT2D eigenvalue weighted by Crippen LogP contribution is -2.26. The number of aromatic hydroxyl groups is 1. The number of carbonyl (C=O) groups is 1. The van der Waals surface area contributed by atoms with Crippen LogP contribution in [-0.4, -0.2) is 21.7 Å². The average Bonchev–Trinajstić information content (AvgIpc) is 2.06. The van der Waals surface area contributed by atoms with Crippen molar-refractivity contribution in [2.75, 3.05) is 5.32 Å². The summed E-state index contributed by atoms with van der Waals surface area (Å²) >= 11 is 0. The van der Waals surface area contributed by atoms with Crippen molar-refractivity contribution in [2.24, 2.45) is 0 Å². The van der Waals surface area contributed by atoms with Gasteiger partial charge >= 0.3 is 5.97 Å². The minimum absolute atomic E-state index is 0.0509. The van der Waals surface area contributed by atoms with Crippen LogP contribution in [0.4, 0.5) is 5.69 Å². The SMILES string of the molecule is CC(C)(C)Nc1cc(C(=O)O)ccc1O. The minimum Gasteiger partial charge on any atom is -0.506 e. The molecule has 0 aliphatic heterocycles. The van der Waals surface area contributed by atoms with E-state index in [1.54, 1.807) is 0 Å². The fraction of sp³-hybridized carbons (Fsp3) is 0.364. The van der Waals surface area contributed by atoms with Crippen LogP contribution in [-0.2, 0) is 0 Å². The summed E-state index contributed by atoms with van der Waals surface area (Å²) in [5, 5.41) is 21.3. The standard InChI is InChI=1S/C11H15NO3/c1-11(2,3)12-8-6-7(10(14)15)4-5-9(8)13/h4-6,12-13H,1-3H3,(H,14,15). The number of carboxylic acid groups (broad SMARTS) is 1. The fourth-order valence-corrected chi connectivity index (χ4v) is 1.17. The van der Waals surface area contributed by atoms with Crippen LogP contribution >= 0.6 is 0 Å². The molecule has 1 aromatic carbocycles. The van der Waals surface area contributed by atoms with Crippen LogP contribution in [0.25, 0.3) is 0 Å². The van der Waals surface area contributed by atoms with E-state index < -0.39 is 5.97 Å². The first-order valence-electron chi connectivity index (χ1n) is 4.64. The lowest BCUT2D eigenvalue weighted by atomic mass is 10.1. The average molecular weight is 209 g/mol. The second kappa shape index (κ2) is 3.81. The normalized spacial score (nSPS) is 11.1. The molecule has 3 N–H and O–H groups in total. The third kappa shape index (κ3) is 3.16. The summed E-state index contributed by atoms with van der Waals surface area (Å²) in [6.45, 7) is 5.79. The molecule has 0 saturated heterocycles. The molecule has 1 rings (SSSR count). The van der Waals surface area contributed by atoms with E-state index in [-0.39, 0.29) is 16.9 Å². The number of anilines is 1. The molecule has 15 heavy (non-hydrogen) atoms.